The van der Waals surface area contributed by atoms with Crippen LogP contribution in [0.5, 0.6) is 0 Å². The van der Waals surface area contributed by atoms with E-state index in [2.05, 4.69) is 4.98 Å². The fourth-order valence-corrected chi connectivity index (χ4v) is 2.63. The van der Waals surface area contributed by atoms with Crippen molar-refractivity contribution in [1.82, 2.24) is 4.98 Å². The molecule has 0 aliphatic rings. The Morgan fingerprint density at radius 2 is 1.76 bits per heavy atom. The first-order valence-electron chi connectivity index (χ1n) is 6.45. The number of anilines is 2. The Bertz CT molecular complexity index is 763. The van der Waals surface area contributed by atoms with Crippen molar-refractivity contribution in [3.8, 4) is 0 Å². The van der Waals surface area contributed by atoms with Gasteiger partial charge in [0.25, 0.3) is 0 Å². The molecule has 21 heavy (non-hydrogen) atoms. The molecule has 0 saturated heterocycles. The second-order valence-corrected chi connectivity index (χ2v) is 5.71. The van der Waals surface area contributed by atoms with Gasteiger partial charge >= 0.3 is 0 Å². The van der Waals surface area contributed by atoms with E-state index >= 15 is 0 Å². The van der Waals surface area contributed by atoms with Crippen LogP contribution in [0.2, 0.25) is 0 Å². The number of hydrogen-bond donors (Lipinski definition) is 2. The standard InChI is InChI=1S/C8H8N2S.C8H9NO/c1-5-3-2-4-6-7(5)10-8(9)11-6;1-6(10)7-2-4-8(9)5-3-7/h2-4H,1H3,(H2,9,10);2-5H,9H2,1H3. The SMILES string of the molecule is CC(=O)c1ccc(N)cc1.Cc1cccc2sc(N)nc12. The van der Waals surface area contributed by atoms with Crippen LogP contribution < -0.4 is 11.5 Å². The second kappa shape index (κ2) is 6.37. The Balaban J connectivity index is 0.000000155. The third kappa shape index (κ3) is 3.79. The minimum atomic E-state index is 0.0694. The molecule has 3 aromatic rings. The Morgan fingerprint density at radius 3 is 2.33 bits per heavy atom. The molecule has 3 rings (SSSR count). The summed E-state index contributed by atoms with van der Waals surface area (Å²) in [6.07, 6.45) is 0. The second-order valence-electron chi connectivity index (χ2n) is 4.65. The molecular formula is C16H17N3OS. The number of thiazole rings is 1. The van der Waals surface area contributed by atoms with Crippen LogP contribution in [0.4, 0.5) is 10.8 Å². The summed E-state index contributed by atoms with van der Waals surface area (Å²) < 4.78 is 1.17. The van der Waals surface area contributed by atoms with E-state index in [1.54, 1.807) is 24.3 Å². The smallest absolute Gasteiger partial charge is 0.181 e. The molecular weight excluding hydrogens is 282 g/mol. The maximum Gasteiger partial charge on any atom is 0.181 e. The zero-order chi connectivity index (χ0) is 15.4. The minimum absolute atomic E-state index is 0.0694. The van der Waals surface area contributed by atoms with Gasteiger partial charge in [-0.3, -0.25) is 4.79 Å². The van der Waals surface area contributed by atoms with Crippen molar-refractivity contribution < 1.29 is 4.79 Å². The third-order valence-electron chi connectivity index (χ3n) is 2.95. The van der Waals surface area contributed by atoms with E-state index in [-0.39, 0.29) is 5.78 Å². The van der Waals surface area contributed by atoms with Crippen molar-refractivity contribution in [3.63, 3.8) is 0 Å². The Morgan fingerprint density at radius 1 is 1.10 bits per heavy atom. The van der Waals surface area contributed by atoms with E-state index in [1.807, 2.05) is 25.1 Å². The van der Waals surface area contributed by atoms with E-state index in [0.717, 1.165) is 5.52 Å². The van der Waals surface area contributed by atoms with Gasteiger partial charge in [-0.15, -0.1) is 0 Å². The van der Waals surface area contributed by atoms with Crippen LogP contribution in [0.25, 0.3) is 10.2 Å². The van der Waals surface area contributed by atoms with Crippen molar-refractivity contribution in [3.05, 3.63) is 53.6 Å². The lowest BCUT2D eigenvalue weighted by Crippen LogP contribution is -1.91. The van der Waals surface area contributed by atoms with Gasteiger partial charge in [-0.2, -0.15) is 0 Å². The van der Waals surface area contributed by atoms with E-state index in [1.165, 1.54) is 28.5 Å². The molecule has 108 valence electrons. The molecule has 5 heteroatoms. The lowest BCUT2D eigenvalue weighted by atomic mass is 10.1. The highest BCUT2D eigenvalue weighted by molar-refractivity contribution is 7.22. The highest BCUT2D eigenvalue weighted by atomic mass is 32.1. The number of benzene rings is 2. The summed E-state index contributed by atoms with van der Waals surface area (Å²) in [6, 6.07) is 13.0. The molecule has 1 aromatic heterocycles. The molecule has 0 aliphatic heterocycles. The average molecular weight is 299 g/mol. The molecule has 0 unspecified atom stereocenters. The summed E-state index contributed by atoms with van der Waals surface area (Å²) in [5.74, 6) is 0.0694. The molecule has 0 amide bonds. The quantitative estimate of drug-likeness (QED) is 0.530. The van der Waals surface area contributed by atoms with Crippen LogP contribution in [0, 0.1) is 6.92 Å². The number of hydrogen-bond acceptors (Lipinski definition) is 5. The maximum atomic E-state index is 10.7. The van der Waals surface area contributed by atoms with Crippen molar-refractivity contribution in [2.24, 2.45) is 0 Å². The Kier molecular flexibility index (Phi) is 4.55. The van der Waals surface area contributed by atoms with Crippen molar-refractivity contribution in [2.75, 3.05) is 11.5 Å². The lowest BCUT2D eigenvalue weighted by molar-refractivity contribution is 0.101. The summed E-state index contributed by atoms with van der Waals surface area (Å²) in [7, 11) is 0. The zero-order valence-corrected chi connectivity index (χ0v) is 12.8. The summed E-state index contributed by atoms with van der Waals surface area (Å²) in [4.78, 5) is 14.9. The van der Waals surface area contributed by atoms with Gasteiger partial charge in [0, 0.05) is 11.3 Å². The fraction of sp³-hybridized carbons (Fsp3) is 0.125. The molecule has 1 heterocycles. The number of Topliss-reactive ketones (excluding diaryl/α,β-unsaturated/α-hetero) is 1. The highest BCUT2D eigenvalue weighted by Crippen LogP contribution is 2.25. The van der Waals surface area contributed by atoms with Gasteiger partial charge in [0.1, 0.15) is 0 Å². The molecule has 4 N–H and O–H groups in total. The van der Waals surface area contributed by atoms with Crippen LogP contribution >= 0.6 is 11.3 Å². The van der Waals surface area contributed by atoms with Gasteiger partial charge in [-0.05, 0) is 49.7 Å². The van der Waals surface area contributed by atoms with Crippen LogP contribution in [-0.4, -0.2) is 10.8 Å². The largest absolute Gasteiger partial charge is 0.399 e. The van der Waals surface area contributed by atoms with Crippen molar-refractivity contribution >= 4 is 38.2 Å². The van der Waals surface area contributed by atoms with Gasteiger partial charge in [0.2, 0.25) is 0 Å². The summed E-state index contributed by atoms with van der Waals surface area (Å²) in [6.45, 7) is 3.58. The van der Waals surface area contributed by atoms with Crippen LogP contribution in [0.15, 0.2) is 42.5 Å². The van der Waals surface area contributed by atoms with E-state index in [0.29, 0.717) is 16.4 Å². The van der Waals surface area contributed by atoms with Crippen molar-refractivity contribution in [2.45, 2.75) is 13.8 Å². The number of nitrogen functional groups attached to an aromatic ring is 2. The molecule has 0 bridgehead atoms. The highest BCUT2D eigenvalue weighted by Gasteiger charge is 2.01. The van der Waals surface area contributed by atoms with Crippen LogP contribution in [-0.2, 0) is 0 Å². The van der Waals surface area contributed by atoms with E-state index in [9.17, 15) is 4.79 Å². The number of para-hydroxylation sites is 1. The Hall–Kier alpha value is -2.40. The summed E-state index contributed by atoms with van der Waals surface area (Å²) >= 11 is 1.53. The Labute approximate surface area is 127 Å². The maximum absolute atomic E-state index is 10.7. The van der Waals surface area contributed by atoms with E-state index in [4.69, 9.17) is 11.5 Å². The number of carbonyl (C=O) groups excluding carboxylic acids is 1. The molecule has 0 saturated carbocycles. The molecule has 2 aromatic carbocycles. The summed E-state index contributed by atoms with van der Waals surface area (Å²) in [5, 5.41) is 0.648. The first-order chi connectivity index (χ1) is 9.97. The van der Waals surface area contributed by atoms with Gasteiger partial charge in [-0.1, -0.05) is 23.5 Å². The van der Waals surface area contributed by atoms with Crippen LogP contribution in [0.3, 0.4) is 0 Å². The molecule has 0 atom stereocenters. The minimum Gasteiger partial charge on any atom is -0.399 e. The van der Waals surface area contributed by atoms with Crippen LogP contribution in [0.1, 0.15) is 22.8 Å². The zero-order valence-electron chi connectivity index (χ0n) is 12.0. The number of rotatable bonds is 1. The van der Waals surface area contributed by atoms with E-state index < -0.39 is 0 Å². The molecule has 0 radical (unpaired) electrons. The van der Waals surface area contributed by atoms with Gasteiger partial charge in [-0.25, -0.2) is 4.98 Å². The number of aryl methyl sites for hydroxylation is 1. The topological polar surface area (TPSA) is 82.0 Å². The molecule has 0 aliphatic carbocycles. The molecule has 0 fully saturated rings. The normalized spacial score (nSPS) is 10.0. The number of ketones is 1. The number of carbonyl (C=O) groups is 1. The molecule has 0 spiro atoms. The lowest BCUT2D eigenvalue weighted by Gasteiger charge is -1.94. The predicted octanol–water partition coefficient (Wildman–Crippen LogP) is 3.66. The van der Waals surface area contributed by atoms with Gasteiger partial charge in [0.05, 0.1) is 10.2 Å². The van der Waals surface area contributed by atoms with Gasteiger partial charge in [0.15, 0.2) is 10.9 Å². The number of nitrogens with two attached hydrogens (primary N) is 2. The number of fused-ring (bicyclic) bond motifs is 1. The third-order valence-corrected chi connectivity index (χ3v) is 3.80. The molecule has 4 nitrogen and oxygen atoms in total. The number of nitrogens with zero attached hydrogens (tertiary/aromatic N) is 1. The predicted molar refractivity (Wildman–Crippen MR) is 89.6 cm³/mol. The first kappa shape index (κ1) is 15.0. The monoisotopic (exact) mass is 299 g/mol. The average Bonchev–Trinajstić information content (AvgIpc) is 2.82. The van der Waals surface area contributed by atoms with Crippen molar-refractivity contribution in [1.29, 1.82) is 0 Å². The first-order valence-corrected chi connectivity index (χ1v) is 7.27. The summed E-state index contributed by atoms with van der Waals surface area (Å²) in [5.41, 5.74) is 14.6. The fourth-order valence-electron chi connectivity index (χ4n) is 1.82. The van der Waals surface area contributed by atoms with Gasteiger partial charge < -0.3 is 11.5 Å². The number of aromatic nitrogens is 1.